The second kappa shape index (κ2) is 6.94. The Balaban J connectivity index is 1.98. The van der Waals surface area contributed by atoms with Gasteiger partial charge >= 0.3 is 0 Å². The Bertz CT molecular complexity index is 846. The van der Waals surface area contributed by atoms with Gasteiger partial charge in [0.25, 0.3) is 10.0 Å². The average Bonchev–Trinajstić information content (AvgIpc) is 2.92. The number of nitrogens with two attached hydrogens (primary N) is 1. The van der Waals surface area contributed by atoms with Crippen LogP contribution in [0.2, 0.25) is 4.34 Å². The summed E-state index contributed by atoms with van der Waals surface area (Å²) in [6.45, 7) is -0.0323. The van der Waals surface area contributed by atoms with Gasteiger partial charge < -0.3 is 5.73 Å². The number of amides is 1. The third-order valence-corrected chi connectivity index (χ3v) is 5.69. The van der Waals surface area contributed by atoms with Gasteiger partial charge in [-0.1, -0.05) is 23.4 Å². The van der Waals surface area contributed by atoms with Gasteiger partial charge in [-0.15, -0.1) is 11.3 Å². The molecule has 0 fully saturated rings. The summed E-state index contributed by atoms with van der Waals surface area (Å²) in [7, 11) is -3.59. The zero-order valence-corrected chi connectivity index (χ0v) is 13.6. The predicted octanol–water partition coefficient (Wildman–Crippen LogP) is 1.83. The Labute approximate surface area is 137 Å². The van der Waals surface area contributed by atoms with Crippen molar-refractivity contribution in [2.75, 3.05) is 6.54 Å². The highest BCUT2D eigenvalue weighted by Crippen LogP contribution is 2.25. The normalized spacial score (nSPS) is 10.8. The van der Waals surface area contributed by atoms with Crippen LogP contribution in [0, 0.1) is 11.8 Å². The van der Waals surface area contributed by atoms with E-state index in [9.17, 15) is 13.2 Å². The molecule has 1 aromatic heterocycles. The van der Waals surface area contributed by atoms with E-state index in [1.54, 1.807) is 24.3 Å². The van der Waals surface area contributed by atoms with Crippen LogP contribution in [0.5, 0.6) is 0 Å². The molecular formula is C14H11ClN2O3S2. The molecule has 0 saturated carbocycles. The van der Waals surface area contributed by atoms with E-state index in [0.29, 0.717) is 15.5 Å². The van der Waals surface area contributed by atoms with Crippen molar-refractivity contribution in [3.63, 3.8) is 0 Å². The van der Waals surface area contributed by atoms with Gasteiger partial charge in [-0.25, -0.2) is 8.42 Å². The van der Waals surface area contributed by atoms with Crippen molar-refractivity contribution in [1.29, 1.82) is 0 Å². The first-order valence-electron chi connectivity index (χ1n) is 6.02. The minimum atomic E-state index is -3.59. The molecule has 2 aromatic rings. The SMILES string of the molecule is NC(=O)c1ccc(C#CCNS(=O)(=O)c2ccc(Cl)s2)cc1. The topological polar surface area (TPSA) is 89.3 Å². The summed E-state index contributed by atoms with van der Waals surface area (Å²) >= 11 is 6.68. The van der Waals surface area contributed by atoms with E-state index < -0.39 is 15.9 Å². The highest BCUT2D eigenvalue weighted by molar-refractivity contribution is 7.91. The maximum atomic E-state index is 11.9. The molecule has 0 unspecified atom stereocenters. The van der Waals surface area contributed by atoms with Crippen molar-refractivity contribution in [1.82, 2.24) is 4.72 Å². The molecular weight excluding hydrogens is 344 g/mol. The van der Waals surface area contributed by atoms with Gasteiger partial charge in [-0.3, -0.25) is 4.79 Å². The zero-order valence-electron chi connectivity index (χ0n) is 11.2. The number of hydrogen-bond acceptors (Lipinski definition) is 4. The van der Waals surface area contributed by atoms with Crippen molar-refractivity contribution >= 4 is 38.9 Å². The van der Waals surface area contributed by atoms with Gasteiger partial charge in [-0.2, -0.15) is 4.72 Å². The highest BCUT2D eigenvalue weighted by Gasteiger charge is 2.15. The summed E-state index contributed by atoms with van der Waals surface area (Å²) in [6, 6.07) is 9.35. The number of thiophene rings is 1. The summed E-state index contributed by atoms with van der Waals surface area (Å²) in [6.07, 6.45) is 0. The van der Waals surface area contributed by atoms with Crippen LogP contribution in [0.4, 0.5) is 0 Å². The lowest BCUT2D eigenvalue weighted by atomic mass is 10.1. The van der Waals surface area contributed by atoms with E-state index in [0.717, 1.165) is 11.3 Å². The molecule has 0 bridgehead atoms. The molecule has 2 rings (SSSR count). The molecule has 8 heteroatoms. The number of sulfonamides is 1. The van der Waals surface area contributed by atoms with Gasteiger partial charge in [0.15, 0.2) is 0 Å². The molecule has 0 saturated heterocycles. The smallest absolute Gasteiger partial charge is 0.250 e. The van der Waals surface area contributed by atoms with Gasteiger partial charge in [0.1, 0.15) is 4.21 Å². The number of carbonyl (C=O) groups is 1. The Morgan fingerprint density at radius 3 is 2.45 bits per heavy atom. The predicted molar refractivity (Wildman–Crippen MR) is 86.4 cm³/mol. The molecule has 0 atom stereocenters. The lowest BCUT2D eigenvalue weighted by Crippen LogP contribution is -2.23. The zero-order chi connectivity index (χ0) is 16.2. The van der Waals surface area contributed by atoms with Crippen LogP contribution in [0.3, 0.4) is 0 Å². The van der Waals surface area contributed by atoms with Crippen molar-refractivity contribution < 1.29 is 13.2 Å². The molecule has 0 spiro atoms. The summed E-state index contributed by atoms with van der Waals surface area (Å²) in [4.78, 5) is 10.9. The Morgan fingerprint density at radius 1 is 1.23 bits per heavy atom. The monoisotopic (exact) mass is 354 g/mol. The van der Waals surface area contributed by atoms with Crippen molar-refractivity contribution in [2.45, 2.75) is 4.21 Å². The maximum Gasteiger partial charge on any atom is 0.250 e. The number of carbonyl (C=O) groups excluding carboxylic acids is 1. The second-order valence-corrected chi connectivity index (χ2v) is 7.84. The standard InChI is InChI=1S/C14H11ClN2O3S2/c15-12-7-8-13(21-12)22(19,20)17-9-1-2-10-3-5-11(6-4-10)14(16)18/h3-8,17H,9H2,(H2,16,18). The molecule has 0 aliphatic carbocycles. The van der Waals surface area contributed by atoms with E-state index in [1.807, 2.05) is 0 Å². The third kappa shape index (κ3) is 4.32. The molecule has 1 heterocycles. The lowest BCUT2D eigenvalue weighted by Gasteiger charge is -1.99. The highest BCUT2D eigenvalue weighted by atomic mass is 35.5. The number of halogens is 1. The lowest BCUT2D eigenvalue weighted by molar-refractivity contribution is 0.100. The molecule has 114 valence electrons. The van der Waals surface area contributed by atoms with Crippen LogP contribution < -0.4 is 10.5 Å². The molecule has 0 aliphatic heterocycles. The van der Waals surface area contributed by atoms with E-state index >= 15 is 0 Å². The van der Waals surface area contributed by atoms with E-state index in [1.165, 1.54) is 12.1 Å². The first-order valence-corrected chi connectivity index (χ1v) is 8.70. The fourth-order valence-corrected chi connectivity index (χ4v) is 3.96. The number of rotatable bonds is 4. The quantitative estimate of drug-likeness (QED) is 0.821. The first kappa shape index (κ1) is 16.5. The van der Waals surface area contributed by atoms with E-state index in [4.69, 9.17) is 17.3 Å². The number of benzene rings is 1. The molecule has 0 aliphatic rings. The number of hydrogen-bond donors (Lipinski definition) is 2. The van der Waals surface area contributed by atoms with Crippen LogP contribution in [-0.2, 0) is 10.0 Å². The number of nitrogens with one attached hydrogen (secondary N) is 1. The van der Waals surface area contributed by atoms with Crippen molar-refractivity contribution in [3.05, 3.63) is 51.9 Å². The first-order chi connectivity index (χ1) is 10.4. The van der Waals surface area contributed by atoms with Gasteiger partial charge in [0.05, 0.1) is 10.9 Å². The van der Waals surface area contributed by atoms with Crippen LogP contribution in [-0.4, -0.2) is 20.9 Å². The molecule has 1 aromatic carbocycles. The Hall–Kier alpha value is -1.85. The van der Waals surface area contributed by atoms with E-state index in [-0.39, 0.29) is 10.8 Å². The second-order valence-electron chi connectivity index (χ2n) is 4.13. The van der Waals surface area contributed by atoms with E-state index in [2.05, 4.69) is 16.6 Å². The summed E-state index contributed by atoms with van der Waals surface area (Å²) in [5, 5.41) is 0. The minimum absolute atomic E-state index is 0.0323. The number of primary amides is 1. The largest absolute Gasteiger partial charge is 0.366 e. The summed E-state index contributed by atoms with van der Waals surface area (Å²) in [5.41, 5.74) is 6.18. The molecule has 1 amide bonds. The molecule has 22 heavy (non-hydrogen) atoms. The van der Waals surface area contributed by atoms with Crippen LogP contribution in [0.15, 0.2) is 40.6 Å². The Kier molecular flexibility index (Phi) is 5.21. The van der Waals surface area contributed by atoms with Crippen molar-refractivity contribution in [2.24, 2.45) is 5.73 Å². The fourth-order valence-electron chi connectivity index (χ4n) is 1.51. The molecule has 3 N–H and O–H groups in total. The van der Waals surface area contributed by atoms with Crippen LogP contribution in [0.1, 0.15) is 15.9 Å². The van der Waals surface area contributed by atoms with Crippen molar-refractivity contribution in [3.8, 4) is 11.8 Å². The Morgan fingerprint density at radius 2 is 1.91 bits per heavy atom. The van der Waals surface area contributed by atoms with Gasteiger partial charge in [0, 0.05) is 11.1 Å². The maximum absolute atomic E-state index is 11.9. The van der Waals surface area contributed by atoms with Gasteiger partial charge in [-0.05, 0) is 36.4 Å². The minimum Gasteiger partial charge on any atom is -0.366 e. The van der Waals surface area contributed by atoms with Gasteiger partial charge in [0.2, 0.25) is 5.91 Å². The third-order valence-electron chi connectivity index (χ3n) is 2.57. The average molecular weight is 355 g/mol. The molecule has 0 radical (unpaired) electrons. The fraction of sp³-hybridized carbons (Fsp3) is 0.0714. The summed E-state index contributed by atoms with van der Waals surface area (Å²) in [5.74, 6) is 4.97. The van der Waals surface area contributed by atoms with Crippen LogP contribution >= 0.6 is 22.9 Å². The van der Waals surface area contributed by atoms with Crippen LogP contribution in [0.25, 0.3) is 0 Å². The molecule has 5 nitrogen and oxygen atoms in total. The summed E-state index contributed by atoms with van der Waals surface area (Å²) < 4.78 is 26.7.